The van der Waals surface area contributed by atoms with Crippen molar-refractivity contribution in [1.82, 2.24) is 20.3 Å². The van der Waals surface area contributed by atoms with E-state index in [1.165, 1.54) is 5.69 Å². The van der Waals surface area contributed by atoms with Crippen molar-refractivity contribution in [2.75, 3.05) is 19.8 Å². The minimum absolute atomic E-state index is 0.392. The predicted octanol–water partition coefficient (Wildman–Crippen LogP) is 0.521. The number of ether oxygens (including phenoxy) is 1. The molecule has 0 saturated heterocycles. The second-order valence-corrected chi connectivity index (χ2v) is 3.72. The zero-order valence-corrected chi connectivity index (χ0v) is 9.36. The number of aryl methyl sites for hydroxylation is 1. The molecule has 1 aromatic rings. The summed E-state index contributed by atoms with van der Waals surface area (Å²) in [5.74, 6) is 0.392. The molecule has 2 rings (SSSR count). The standard InChI is InChI=1S/C10H18N4O/c1-3-14-10-8(7-15-4-2)5-11-6-9(10)12-13-14/h8,11H,3-7H2,1-2H3/t8-/m0/s1. The van der Waals surface area contributed by atoms with Gasteiger partial charge in [-0.05, 0) is 13.8 Å². The smallest absolute Gasteiger partial charge is 0.100 e. The van der Waals surface area contributed by atoms with Crippen LogP contribution in [-0.2, 0) is 17.8 Å². The molecule has 0 unspecified atom stereocenters. The molecular weight excluding hydrogens is 192 g/mol. The number of hydrogen-bond acceptors (Lipinski definition) is 4. The van der Waals surface area contributed by atoms with Crippen LogP contribution in [0.15, 0.2) is 0 Å². The molecule has 1 aliphatic rings. The Bertz CT molecular complexity index is 310. The van der Waals surface area contributed by atoms with Crippen molar-refractivity contribution in [3.05, 3.63) is 11.4 Å². The average molecular weight is 210 g/mol. The topological polar surface area (TPSA) is 52.0 Å². The van der Waals surface area contributed by atoms with E-state index in [0.717, 1.165) is 38.5 Å². The van der Waals surface area contributed by atoms with Gasteiger partial charge >= 0.3 is 0 Å². The van der Waals surface area contributed by atoms with E-state index in [0.29, 0.717) is 5.92 Å². The molecule has 0 aliphatic carbocycles. The molecule has 1 aliphatic heterocycles. The van der Waals surface area contributed by atoms with Gasteiger partial charge in [0, 0.05) is 32.2 Å². The molecule has 84 valence electrons. The number of nitrogens with zero attached hydrogens (tertiary/aromatic N) is 3. The molecule has 0 saturated carbocycles. The van der Waals surface area contributed by atoms with Crippen LogP contribution in [0.4, 0.5) is 0 Å². The van der Waals surface area contributed by atoms with Crippen LogP contribution in [0.25, 0.3) is 0 Å². The fourth-order valence-electron chi connectivity index (χ4n) is 2.02. The lowest BCUT2D eigenvalue weighted by atomic mass is 10.0. The molecule has 2 heterocycles. The molecule has 1 N–H and O–H groups in total. The molecule has 0 fully saturated rings. The van der Waals surface area contributed by atoms with Crippen molar-refractivity contribution in [3.63, 3.8) is 0 Å². The molecule has 0 amide bonds. The van der Waals surface area contributed by atoms with Gasteiger partial charge in [0.15, 0.2) is 0 Å². The van der Waals surface area contributed by atoms with E-state index in [-0.39, 0.29) is 0 Å². The van der Waals surface area contributed by atoms with Gasteiger partial charge in [-0.3, -0.25) is 0 Å². The maximum absolute atomic E-state index is 5.49. The first-order chi connectivity index (χ1) is 7.36. The summed E-state index contributed by atoms with van der Waals surface area (Å²) < 4.78 is 7.48. The first-order valence-electron chi connectivity index (χ1n) is 5.57. The fraction of sp³-hybridized carbons (Fsp3) is 0.800. The van der Waals surface area contributed by atoms with Crippen molar-refractivity contribution in [3.8, 4) is 0 Å². The van der Waals surface area contributed by atoms with Gasteiger partial charge in [0.1, 0.15) is 5.69 Å². The first-order valence-corrected chi connectivity index (χ1v) is 5.57. The van der Waals surface area contributed by atoms with Crippen molar-refractivity contribution in [1.29, 1.82) is 0 Å². The third-order valence-electron chi connectivity index (χ3n) is 2.74. The van der Waals surface area contributed by atoms with E-state index in [1.807, 2.05) is 11.6 Å². The molecule has 1 aromatic heterocycles. The Hall–Kier alpha value is -0.940. The fourth-order valence-corrected chi connectivity index (χ4v) is 2.02. The third kappa shape index (κ3) is 2.03. The van der Waals surface area contributed by atoms with E-state index in [4.69, 9.17) is 4.74 Å². The summed E-state index contributed by atoms with van der Waals surface area (Å²) in [6.07, 6.45) is 0. The molecule has 15 heavy (non-hydrogen) atoms. The quantitative estimate of drug-likeness (QED) is 0.787. The summed E-state index contributed by atoms with van der Waals surface area (Å²) in [6, 6.07) is 0. The summed E-state index contributed by atoms with van der Waals surface area (Å²) in [5, 5.41) is 11.7. The number of fused-ring (bicyclic) bond motifs is 1. The molecule has 0 spiro atoms. The normalized spacial score (nSPS) is 20.3. The maximum atomic E-state index is 5.49. The molecular formula is C10H18N4O. The highest BCUT2D eigenvalue weighted by molar-refractivity contribution is 5.19. The maximum Gasteiger partial charge on any atom is 0.100 e. The van der Waals surface area contributed by atoms with Crippen LogP contribution in [0.1, 0.15) is 31.2 Å². The van der Waals surface area contributed by atoms with Gasteiger partial charge in [0.2, 0.25) is 0 Å². The summed E-state index contributed by atoms with van der Waals surface area (Å²) in [6.45, 7) is 8.30. The highest BCUT2D eigenvalue weighted by atomic mass is 16.5. The summed E-state index contributed by atoms with van der Waals surface area (Å²) in [4.78, 5) is 0. The Balaban J connectivity index is 2.19. The van der Waals surface area contributed by atoms with Crippen LogP contribution < -0.4 is 5.32 Å². The SMILES string of the molecule is CCOC[C@@H]1CNCc2nnn(CC)c21. The minimum Gasteiger partial charge on any atom is -0.381 e. The largest absolute Gasteiger partial charge is 0.381 e. The highest BCUT2D eigenvalue weighted by Crippen LogP contribution is 2.22. The van der Waals surface area contributed by atoms with E-state index >= 15 is 0 Å². The van der Waals surface area contributed by atoms with Gasteiger partial charge in [-0.25, -0.2) is 4.68 Å². The second-order valence-electron chi connectivity index (χ2n) is 3.72. The zero-order valence-electron chi connectivity index (χ0n) is 9.36. The van der Waals surface area contributed by atoms with Gasteiger partial charge in [-0.15, -0.1) is 5.10 Å². The van der Waals surface area contributed by atoms with Crippen molar-refractivity contribution in [2.45, 2.75) is 32.9 Å². The van der Waals surface area contributed by atoms with Crippen LogP contribution in [0.2, 0.25) is 0 Å². The lowest BCUT2D eigenvalue weighted by Gasteiger charge is -2.23. The predicted molar refractivity (Wildman–Crippen MR) is 56.6 cm³/mol. The second kappa shape index (κ2) is 4.72. The highest BCUT2D eigenvalue weighted by Gasteiger charge is 2.25. The van der Waals surface area contributed by atoms with E-state index in [2.05, 4.69) is 22.6 Å². The summed E-state index contributed by atoms with van der Waals surface area (Å²) in [7, 11) is 0. The van der Waals surface area contributed by atoms with Crippen LogP contribution >= 0.6 is 0 Å². The number of aromatic nitrogens is 3. The number of rotatable bonds is 4. The van der Waals surface area contributed by atoms with E-state index in [1.54, 1.807) is 0 Å². The number of nitrogens with one attached hydrogen (secondary N) is 1. The Kier molecular flexibility index (Phi) is 3.33. The number of hydrogen-bond donors (Lipinski definition) is 1. The molecule has 0 aromatic carbocycles. The van der Waals surface area contributed by atoms with Crippen LogP contribution in [0.5, 0.6) is 0 Å². The van der Waals surface area contributed by atoms with Gasteiger partial charge in [-0.2, -0.15) is 0 Å². The molecule has 5 nitrogen and oxygen atoms in total. The third-order valence-corrected chi connectivity index (χ3v) is 2.74. The van der Waals surface area contributed by atoms with Crippen LogP contribution in [-0.4, -0.2) is 34.8 Å². The summed E-state index contributed by atoms with van der Waals surface area (Å²) >= 11 is 0. The average Bonchev–Trinajstić information content (AvgIpc) is 2.69. The van der Waals surface area contributed by atoms with E-state index < -0.39 is 0 Å². The van der Waals surface area contributed by atoms with Crippen molar-refractivity contribution >= 4 is 0 Å². The van der Waals surface area contributed by atoms with Gasteiger partial charge in [-0.1, -0.05) is 5.21 Å². The van der Waals surface area contributed by atoms with Crippen molar-refractivity contribution < 1.29 is 4.74 Å². The Morgan fingerprint density at radius 1 is 1.53 bits per heavy atom. The Morgan fingerprint density at radius 3 is 3.13 bits per heavy atom. The van der Waals surface area contributed by atoms with Gasteiger partial charge in [0.25, 0.3) is 0 Å². The Labute approximate surface area is 89.8 Å². The van der Waals surface area contributed by atoms with Gasteiger partial charge in [0.05, 0.1) is 12.3 Å². The molecule has 5 heteroatoms. The summed E-state index contributed by atoms with van der Waals surface area (Å²) in [5.41, 5.74) is 2.33. The molecule has 1 atom stereocenters. The van der Waals surface area contributed by atoms with Crippen LogP contribution in [0.3, 0.4) is 0 Å². The lowest BCUT2D eigenvalue weighted by molar-refractivity contribution is 0.127. The van der Waals surface area contributed by atoms with E-state index in [9.17, 15) is 0 Å². The molecule has 0 radical (unpaired) electrons. The van der Waals surface area contributed by atoms with Crippen LogP contribution in [0, 0.1) is 0 Å². The zero-order chi connectivity index (χ0) is 10.7. The molecule has 0 bridgehead atoms. The minimum atomic E-state index is 0.392. The van der Waals surface area contributed by atoms with Gasteiger partial charge < -0.3 is 10.1 Å². The lowest BCUT2D eigenvalue weighted by Crippen LogP contribution is -2.32. The monoisotopic (exact) mass is 210 g/mol. The Morgan fingerprint density at radius 2 is 2.40 bits per heavy atom. The first kappa shape index (κ1) is 10.6. The van der Waals surface area contributed by atoms with Crippen molar-refractivity contribution in [2.24, 2.45) is 0 Å².